The standard InChI is InChI=1S/C32H27FN2O/c1-23-27(22-31(26-17-9-4-10-18-26)35(23)30-20-12-11-19-28(30)33)32(36)34-29(25-15-7-3-8-16-25)21-24-13-5-2-6-14-24/h2-20,22,29H,21H2,1H3,(H,34,36). The summed E-state index contributed by atoms with van der Waals surface area (Å²) >= 11 is 0. The predicted octanol–water partition coefficient (Wildman–Crippen LogP) is 7.31. The number of nitrogens with zero attached hydrogens (tertiary/aromatic N) is 1. The minimum Gasteiger partial charge on any atom is -0.345 e. The third-order valence-corrected chi connectivity index (χ3v) is 6.44. The maximum Gasteiger partial charge on any atom is 0.253 e. The topological polar surface area (TPSA) is 34.0 Å². The van der Waals surface area contributed by atoms with Gasteiger partial charge in [-0.25, -0.2) is 4.39 Å². The van der Waals surface area contributed by atoms with Gasteiger partial charge < -0.3 is 9.88 Å². The second kappa shape index (κ2) is 10.4. The van der Waals surface area contributed by atoms with Gasteiger partial charge in [-0.1, -0.05) is 103 Å². The first-order chi connectivity index (χ1) is 17.6. The summed E-state index contributed by atoms with van der Waals surface area (Å²) in [4.78, 5) is 13.7. The lowest BCUT2D eigenvalue weighted by Crippen LogP contribution is -2.30. The van der Waals surface area contributed by atoms with Crippen molar-refractivity contribution in [2.75, 3.05) is 0 Å². The van der Waals surface area contributed by atoms with Gasteiger partial charge >= 0.3 is 0 Å². The van der Waals surface area contributed by atoms with Gasteiger partial charge in [-0.3, -0.25) is 4.79 Å². The van der Waals surface area contributed by atoms with Crippen LogP contribution in [0, 0.1) is 12.7 Å². The number of para-hydroxylation sites is 1. The van der Waals surface area contributed by atoms with Gasteiger partial charge in [0.2, 0.25) is 0 Å². The number of halogens is 1. The third-order valence-electron chi connectivity index (χ3n) is 6.44. The van der Waals surface area contributed by atoms with E-state index in [0.717, 1.165) is 22.4 Å². The van der Waals surface area contributed by atoms with E-state index in [1.165, 1.54) is 6.07 Å². The summed E-state index contributed by atoms with van der Waals surface area (Å²) in [6.07, 6.45) is 0.662. The molecule has 1 aromatic heterocycles. The molecule has 0 aliphatic heterocycles. The fraction of sp³-hybridized carbons (Fsp3) is 0.0938. The normalized spacial score (nSPS) is 11.7. The monoisotopic (exact) mass is 474 g/mol. The molecule has 4 aromatic carbocycles. The molecule has 5 rings (SSSR count). The quantitative estimate of drug-likeness (QED) is 0.264. The van der Waals surface area contributed by atoms with E-state index in [-0.39, 0.29) is 17.8 Å². The van der Waals surface area contributed by atoms with Crippen molar-refractivity contribution in [3.63, 3.8) is 0 Å². The highest BCUT2D eigenvalue weighted by atomic mass is 19.1. The predicted molar refractivity (Wildman–Crippen MR) is 143 cm³/mol. The Morgan fingerprint density at radius 1 is 0.806 bits per heavy atom. The average Bonchev–Trinajstić information content (AvgIpc) is 3.27. The molecule has 1 unspecified atom stereocenters. The molecule has 178 valence electrons. The van der Waals surface area contributed by atoms with E-state index in [4.69, 9.17) is 0 Å². The number of benzene rings is 4. The maximum atomic E-state index is 14.9. The van der Waals surface area contributed by atoms with Crippen LogP contribution in [0.1, 0.15) is 33.2 Å². The van der Waals surface area contributed by atoms with Crippen molar-refractivity contribution in [3.05, 3.63) is 150 Å². The molecule has 3 nitrogen and oxygen atoms in total. The molecule has 0 aliphatic carbocycles. The molecule has 36 heavy (non-hydrogen) atoms. The zero-order chi connectivity index (χ0) is 24.9. The molecule has 0 radical (unpaired) electrons. The van der Waals surface area contributed by atoms with Gasteiger partial charge in [0, 0.05) is 5.69 Å². The number of carbonyl (C=O) groups excluding carboxylic acids is 1. The lowest BCUT2D eigenvalue weighted by molar-refractivity contribution is 0.0936. The van der Waals surface area contributed by atoms with Crippen LogP contribution in [0.2, 0.25) is 0 Å². The number of hydrogen-bond acceptors (Lipinski definition) is 1. The van der Waals surface area contributed by atoms with Crippen molar-refractivity contribution in [1.82, 2.24) is 9.88 Å². The Labute approximate surface area is 210 Å². The molecule has 1 atom stereocenters. The summed E-state index contributed by atoms with van der Waals surface area (Å²) in [5, 5.41) is 3.25. The van der Waals surface area contributed by atoms with Crippen molar-refractivity contribution in [3.8, 4) is 16.9 Å². The number of nitrogens with one attached hydrogen (secondary N) is 1. The molecule has 0 spiro atoms. The highest BCUT2D eigenvalue weighted by Crippen LogP contribution is 2.31. The molecule has 0 fully saturated rings. The second-order valence-corrected chi connectivity index (χ2v) is 8.81. The van der Waals surface area contributed by atoms with Crippen molar-refractivity contribution in [1.29, 1.82) is 0 Å². The third kappa shape index (κ3) is 4.84. The van der Waals surface area contributed by atoms with E-state index >= 15 is 0 Å². The zero-order valence-corrected chi connectivity index (χ0v) is 20.1. The molecule has 1 N–H and O–H groups in total. The van der Waals surface area contributed by atoms with Crippen LogP contribution in [0.15, 0.2) is 121 Å². The average molecular weight is 475 g/mol. The Kier molecular flexibility index (Phi) is 6.76. The van der Waals surface area contributed by atoms with Crippen molar-refractivity contribution < 1.29 is 9.18 Å². The number of carbonyl (C=O) groups is 1. The molecule has 4 heteroatoms. The van der Waals surface area contributed by atoms with Crippen LogP contribution in [0.3, 0.4) is 0 Å². The maximum absolute atomic E-state index is 14.9. The molecule has 0 saturated heterocycles. The van der Waals surface area contributed by atoms with E-state index in [1.54, 1.807) is 18.2 Å². The SMILES string of the molecule is Cc1c(C(=O)NC(Cc2ccccc2)c2ccccc2)cc(-c2ccccc2)n1-c1ccccc1F. The summed E-state index contributed by atoms with van der Waals surface area (Å²) < 4.78 is 16.7. The highest BCUT2D eigenvalue weighted by molar-refractivity contribution is 5.97. The van der Waals surface area contributed by atoms with Crippen LogP contribution >= 0.6 is 0 Å². The highest BCUT2D eigenvalue weighted by Gasteiger charge is 2.23. The van der Waals surface area contributed by atoms with Gasteiger partial charge in [-0.15, -0.1) is 0 Å². The van der Waals surface area contributed by atoms with Crippen LogP contribution in [0.5, 0.6) is 0 Å². The number of aromatic nitrogens is 1. The van der Waals surface area contributed by atoms with Gasteiger partial charge in [-0.05, 0) is 48.2 Å². The lowest BCUT2D eigenvalue weighted by Gasteiger charge is -2.20. The van der Waals surface area contributed by atoms with Crippen LogP contribution in [-0.4, -0.2) is 10.5 Å². The van der Waals surface area contributed by atoms with E-state index in [2.05, 4.69) is 17.4 Å². The molecule has 1 amide bonds. The van der Waals surface area contributed by atoms with Crippen molar-refractivity contribution in [2.24, 2.45) is 0 Å². The molecule has 0 aliphatic rings. The second-order valence-electron chi connectivity index (χ2n) is 8.81. The van der Waals surface area contributed by atoms with Crippen molar-refractivity contribution in [2.45, 2.75) is 19.4 Å². The van der Waals surface area contributed by atoms with Gasteiger partial charge in [0.25, 0.3) is 5.91 Å². The lowest BCUT2D eigenvalue weighted by atomic mass is 9.98. The summed E-state index contributed by atoms with van der Waals surface area (Å²) in [5.74, 6) is -0.531. The molecule has 0 bridgehead atoms. The number of hydrogen-bond donors (Lipinski definition) is 1. The van der Waals surface area contributed by atoms with E-state index in [0.29, 0.717) is 23.4 Å². The van der Waals surface area contributed by atoms with Crippen LogP contribution in [0.25, 0.3) is 16.9 Å². The van der Waals surface area contributed by atoms with Gasteiger partial charge in [0.15, 0.2) is 0 Å². The Hall–Kier alpha value is -4.44. The zero-order valence-electron chi connectivity index (χ0n) is 20.1. The number of rotatable bonds is 7. The first-order valence-corrected chi connectivity index (χ1v) is 12.0. The summed E-state index contributed by atoms with van der Waals surface area (Å²) in [6, 6.07) is 38.2. The fourth-order valence-corrected chi connectivity index (χ4v) is 4.62. The molecule has 0 saturated carbocycles. The van der Waals surface area contributed by atoms with Gasteiger partial charge in [0.05, 0.1) is 23.0 Å². The Balaban J connectivity index is 1.55. The minimum atomic E-state index is -0.341. The van der Waals surface area contributed by atoms with Crippen LogP contribution in [0.4, 0.5) is 4.39 Å². The fourth-order valence-electron chi connectivity index (χ4n) is 4.62. The first-order valence-electron chi connectivity index (χ1n) is 12.0. The van der Waals surface area contributed by atoms with E-state index in [9.17, 15) is 9.18 Å². The van der Waals surface area contributed by atoms with Crippen LogP contribution in [-0.2, 0) is 6.42 Å². The van der Waals surface area contributed by atoms with E-state index < -0.39 is 0 Å². The Morgan fingerprint density at radius 3 is 2.06 bits per heavy atom. The van der Waals surface area contributed by atoms with Gasteiger partial charge in [0.1, 0.15) is 5.82 Å². The molecular weight excluding hydrogens is 447 g/mol. The first kappa shape index (κ1) is 23.3. The molecule has 1 heterocycles. The summed E-state index contributed by atoms with van der Waals surface area (Å²) in [7, 11) is 0. The summed E-state index contributed by atoms with van der Waals surface area (Å²) in [6.45, 7) is 1.86. The molecular formula is C32H27FN2O. The van der Waals surface area contributed by atoms with Crippen molar-refractivity contribution >= 4 is 5.91 Å². The van der Waals surface area contributed by atoms with Gasteiger partial charge in [-0.2, -0.15) is 0 Å². The molecule has 5 aromatic rings. The Morgan fingerprint density at radius 2 is 1.39 bits per heavy atom. The summed E-state index contributed by atoms with van der Waals surface area (Å²) in [5.41, 5.74) is 5.46. The smallest absolute Gasteiger partial charge is 0.253 e. The Bertz CT molecular complexity index is 1460. The van der Waals surface area contributed by atoms with Crippen LogP contribution < -0.4 is 5.32 Å². The van der Waals surface area contributed by atoms with E-state index in [1.807, 2.05) is 96.4 Å². The largest absolute Gasteiger partial charge is 0.345 e. The number of amides is 1. The minimum absolute atomic E-state index is 0.190.